The average molecular weight is 141 g/mol. The third kappa shape index (κ3) is 1.06. The van der Waals surface area contributed by atoms with Crippen molar-refractivity contribution in [2.75, 3.05) is 13.1 Å². The molecule has 0 spiro atoms. The lowest BCUT2D eigenvalue weighted by Crippen LogP contribution is -2.26. The van der Waals surface area contributed by atoms with Crippen molar-refractivity contribution in [3.63, 3.8) is 0 Å². The minimum atomic E-state index is 0.00106. The molecule has 1 aliphatic heterocycles. The SMILES string of the molecule is OC1CCC2CNC[C@@H]2C1. The van der Waals surface area contributed by atoms with E-state index in [-0.39, 0.29) is 6.10 Å². The van der Waals surface area contributed by atoms with Crippen molar-refractivity contribution in [2.45, 2.75) is 25.4 Å². The molecule has 2 nitrogen and oxygen atoms in total. The molecule has 10 heavy (non-hydrogen) atoms. The first-order valence-corrected chi connectivity index (χ1v) is 4.25. The average Bonchev–Trinajstić information content (AvgIpc) is 2.33. The quantitative estimate of drug-likeness (QED) is 0.510. The Hall–Kier alpha value is -0.0800. The predicted octanol–water partition coefficient (Wildman–Crippen LogP) is 0.367. The summed E-state index contributed by atoms with van der Waals surface area (Å²) >= 11 is 0. The van der Waals surface area contributed by atoms with Gasteiger partial charge in [-0.2, -0.15) is 0 Å². The predicted molar refractivity (Wildman–Crippen MR) is 39.7 cm³/mol. The van der Waals surface area contributed by atoms with Crippen LogP contribution in [0.4, 0.5) is 0 Å². The van der Waals surface area contributed by atoms with E-state index in [4.69, 9.17) is 0 Å². The first-order chi connectivity index (χ1) is 4.86. The smallest absolute Gasteiger partial charge is 0.0543 e. The van der Waals surface area contributed by atoms with E-state index in [1.807, 2.05) is 0 Å². The standard InChI is InChI=1S/C8H15NO/c10-8-2-1-6-4-9-5-7(6)3-8/h6-10H,1-5H2/t6?,7-,8?/m0/s1. The maximum absolute atomic E-state index is 9.33. The van der Waals surface area contributed by atoms with Crippen LogP contribution in [-0.4, -0.2) is 24.3 Å². The largest absolute Gasteiger partial charge is 0.393 e. The Labute approximate surface area is 61.6 Å². The first kappa shape index (κ1) is 6.62. The van der Waals surface area contributed by atoms with E-state index in [0.29, 0.717) is 0 Å². The normalized spacial score (nSPS) is 47.1. The summed E-state index contributed by atoms with van der Waals surface area (Å²) in [6, 6.07) is 0. The van der Waals surface area contributed by atoms with Crippen LogP contribution in [0.1, 0.15) is 19.3 Å². The van der Waals surface area contributed by atoms with Crippen molar-refractivity contribution in [1.82, 2.24) is 5.32 Å². The van der Waals surface area contributed by atoms with Gasteiger partial charge in [-0.3, -0.25) is 0 Å². The van der Waals surface area contributed by atoms with E-state index in [1.54, 1.807) is 0 Å². The van der Waals surface area contributed by atoms with Gasteiger partial charge in [-0.25, -0.2) is 0 Å². The molecule has 58 valence electrons. The number of nitrogens with one attached hydrogen (secondary N) is 1. The lowest BCUT2D eigenvalue weighted by Gasteiger charge is -2.27. The molecule has 1 saturated carbocycles. The van der Waals surface area contributed by atoms with Crippen molar-refractivity contribution >= 4 is 0 Å². The third-order valence-electron chi connectivity index (χ3n) is 2.93. The van der Waals surface area contributed by atoms with Crippen LogP contribution in [0.5, 0.6) is 0 Å². The fourth-order valence-corrected chi connectivity index (χ4v) is 2.27. The summed E-state index contributed by atoms with van der Waals surface area (Å²) in [7, 11) is 0. The molecular formula is C8H15NO. The summed E-state index contributed by atoms with van der Waals surface area (Å²) in [4.78, 5) is 0. The second-order valence-corrected chi connectivity index (χ2v) is 3.65. The minimum absolute atomic E-state index is 0.00106. The molecule has 0 amide bonds. The molecule has 2 heteroatoms. The molecule has 3 atom stereocenters. The molecule has 0 aromatic carbocycles. The molecule has 1 saturated heterocycles. The molecule has 0 aromatic heterocycles. The monoisotopic (exact) mass is 141 g/mol. The van der Waals surface area contributed by atoms with Crippen molar-refractivity contribution in [2.24, 2.45) is 11.8 Å². The maximum Gasteiger partial charge on any atom is 0.0543 e. The zero-order chi connectivity index (χ0) is 6.97. The zero-order valence-electron chi connectivity index (χ0n) is 6.21. The van der Waals surface area contributed by atoms with E-state index in [9.17, 15) is 5.11 Å². The second kappa shape index (κ2) is 2.51. The van der Waals surface area contributed by atoms with E-state index in [1.165, 1.54) is 13.0 Å². The van der Waals surface area contributed by atoms with Crippen LogP contribution in [0.25, 0.3) is 0 Å². The number of aliphatic hydroxyl groups excluding tert-OH is 1. The highest BCUT2D eigenvalue weighted by molar-refractivity contribution is 4.87. The van der Waals surface area contributed by atoms with Crippen molar-refractivity contribution < 1.29 is 5.11 Å². The summed E-state index contributed by atoms with van der Waals surface area (Å²) < 4.78 is 0. The highest BCUT2D eigenvalue weighted by Crippen LogP contribution is 2.32. The molecule has 2 N–H and O–H groups in total. The van der Waals surface area contributed by atoms with E-state index in [2.05, 4.69) is 5.32 Å². The van der Waals surface area contributed by atoms with Crippen LogP contribution in [-0.2, 0) is 0 Å². The van der Waals surface area contributed by atoms with Crippen LogP contribution in [0.3, 0.4) is 0 Å². The molecule has 0 bridgehead atoms. The van der Waals surface area contributed by atoms with Crippen LogP contribution < -0.4 is 5.32 Å². The Morgan fingerprint density at radius 3 is 2.80 bits per heavy atom. The highest BCUT2D eigenvalue weighted by atomic mass is 16.3. The van der Waals surface area contributed by atoms with Crippen molar-refractivity contribution in [3.05, 3.63) is 0 Å². The molecule has 2 unspecified atom stereocenters. The topological polar surface area (TPSA) is 32.3 Å². The summed E-state index contributed by atoms with van der Waals surface area (Å²) in [5, 5.41) is 12.7. The van der Waals surface area contributed by atoms with Crippen LogP contribution in [0.15, 0.2) is 0 Å². The summed E-state index contributed by atoms with van der Waals surface area (Å²) in [6.07, 6.45) is 3.31. The molecule has 1 heterocycles. The zero-order valence-corrected chi connectivity index (χ0v) is 6.21. The molecular weight excluding hydrogens is 126 g/mol. The fraction of sp³-hybridized carbons (Fsp3) is 1.00. The van der Waals surface area contributed by atoms with Crippen molar-refractivity contribution in [3.8, 4) is 0 Å². The molecule has 2 fully saturated rings. The number of aliphatic hydroxyl groups is 1. The summed E-state index contributed by atoms with van der Waals surface area (Å²) in [6.45, 7) is 2.33. The minimum Gasteiger partial charge on any atom is -0.393 e. The maximum atomic E-state index is 9.33. The summed E-state index contributed by atoms with van der Waals surface area (Å²) in [5.74, 6) is 1.66. The van der Waals surface area contributed by atoms with E-state index in [0.717, 1.165) is 31.2 Å². The number of hydrogen-bond donors (Lipinski definition) is 2. The van der Waals surface area contributed by atoms with Gasteiger partial charge < -0.3 is 10.4 Å². The summed E-state index contributed by atoms with van der Waals surface area (Å²) in [5.41, 5.74) is 0. The highest BCUT2D eigenvalue weighted by Gasteiger charge is 2.32. The van der Waals surface area contributed by atoms with Gasteiger partial charge >= 0.3 is 0 Å². The number of hydrogen-bond acceptors (Lipinski definition) is 2. The van der Waals surface area contributed by atoms with E-state index < -0.39 is 0 Å². The van der Waals surface area contributed by atoms with Gasteiger partial charge in [0.15, 0.2) is 0 Å². The Morgan fingerprint density at radius 1 is 1.10 bits per heavy atom. The van der Waals surface area contributed by atoms with Gasteiger partial charge in [0.2, 0.25) is 0 Å². The van der Waals surface area contributed by atoms with Gasteiger partial charge in [-0.15, -0.1) is 0 Å². The van der Waals surface area contributed by atoms with Crippen LogP contribution in [0.2, 0.25) is 0 Å². The lowest BCUT2D eigenvalue weighted by atomic mass is 9.80. The molecule has 0 aromatic rings. The van der Waals surface area contributed by atoms with Crippen molar-refractivity contribution in [1.29, 1.82) is 0 Å². The molecule has 1 aliphatic carbocycles. The van der Waals surface area contributed by atoms with Gasteiger partial charge in [0.05, 0.1) is 6.10 Å². The van der Waals surface area contributed by atoms with Crippen LogP contribution in [0, 0.1) is 11.8 Å². The van der Waals surface area contributed by atoms with E-state index >= 15 is 0 Å². The number of fused-ring (bicyclic) bond motifs is 1. The fourth-order valence-electron chi connectivity index (χ4n) is 2.27. The second-order valence-electron chi connectivity index (χ2n) is 3.65. The number of rotatable bonds is 0. The molecule has 2 aliphatic rings. The molecule has 2 rings (SSSR count). The van der Waals surface area contributed by atoms with Gasteiger partial charge in [-0.1, -0.05) is 0 Å². The van der Waals surface area contributed by atoms with Gasteiger partial charge in [0.25, 0.3) is 0 Å². The van der Waals surface area contributed by atoms with Crippen LogP contribution >= 0.6 is 0 Å². The van der Waals surface area contributed by atoms with Gasteiger partial charge in [-0.05, 0) is 44.2 Å². The molecule has 0 radical (unpaired) electrons. The Bertz CT molecular complexity index is 126. The van der Waals surface area contributed by atoms with Gasteiger partial charge in [0.1, 0.15) is 0 Å². The Morgan fingerprint density at radius 2 is 1.90 bits per heavy atom. The Balaban J connectivity index is 1.96. The lowest BCUT2D eigenvalue weighted by molar-refractivity contribution is 0.0867. The van der Waals surface area contributed by atoms with Gasteiger partial charge in [0, 0.05) is 0 Å². The Kier molecular flexibility index (Phi) is 1.66. The third-order valence-corrected chi connectivity index (χ3v) is 2.93. The first-order valence-electron chi connectivity index (χ1n) is 4.25.